The zero-order valence-corrected chi connectivity index (χ0v) is 13.6. The molecule has 0 spiro atoms. The van der Waals surface area contributed by atoms with Gasteiger partial charge in [0.05, 0.1) is 11.3 Å². The molecular formula is C18H19N5O. The SMILES string of the molecule is CC1CCCN(C(=O)c2cc(Nc3ccccc3C#N)ncn2)C1. The summed E-state index contributed by atoms with van der Waals surface area (Å²) in [6, 6.07) is 10.9. The number of nitriles is 1. The summed E-state index contributed by atoms with van der Waals surface area (Å²) in [6.45, 7) is 3.70. The van der Waals surface area contributed by atoms with Crippen LogP contribution in [0.1, 0.15) is 35.8 Å². The molecule has 1 amide bonds. The molecule has 1 atom stereocenters. The molecule has 24 heavy (non-hydrogen) atoms. The summed E-state index contributed by atoms with van der Waals surface area (Å²) in [6.07, 6.45) is 3.56. The van der Waals surface area contributed by atoms with Gasteiger partial charge in [0.2, 0.25) is 0 Å². The highest BCUT2D eigenvalue weighted by molar-refractivity contribution is 5.93. The molecule has 0 bridgehead atoms. The second-order valence-electron chi connectivity index (χ2n) is 6.07. The standard InChI is InChI=1S/C18H19N5O/c1-13-5-4-8-23(11-13)18(24)16-9-17(21-12-20-16)22-15-7-3-2-6-14(15)10-19/h2-3,6-7,9,12-13H,4-5,8,11H2,1H3,(H,20,21,22). The van der Waals surface area contributed by atoms with Gasteiger partial charge in [-0.2, -0.15) is 5.26 Å². The molecule has 1 aromatic heterocycles. The van der Waals surface area contributed by atoms with Crippen LogP contribution in [0.2, 0.25) is 0 Å². The third-order valence-electron chi connectivity index (χ3n) is 4.14. The Bertz CT molecular complexity index is 783. The lowest BCUT2D eigenvalue weighted by Crippen LogP contribution is -2.39. The number of likely N-dealkylation sites (tertiary alicyclic amines) is 1. The molecule has 1 N–H and O–H groups in total. The molecule has 6 heteroatoms. The number of carbonyl (C=O) groups is 1. The fraction of sp³-hybridized carbons (Fsp3) is 0.333. The summed E-state index contributed by atoms with van der Waals surface area (Å²) in [5.74, 6) is 0.950. The van der Waals surface area contributed by atoms with E-state index >= 15 is 0 Å². The van der Waals surface area contributed by atoms with Gasteiger partial charge in [-0.3, -0.25) is 4.79 Å². The van der Waals surface area contributed by atoms with Crippen LogP contribution in [0.5, 0.6) is 0 Å². The Balaban J connectivity index is 1.79. The van der Waals surface area contributed by atoms with Gasteiger partial charge in [-0.15, -0.1) is 0 Å². The molecule has 0 radical (unpaired) electrons. The number of amides is 1. The maximum absolute atomic E-state index is 12.6. The molecule has 1 aromatic carbocycles. The molecule has 0 aliphatic carbocycles. The summed E-state index contributed by atoms with van der Waals surface area (Å²) in [7, 11) is 0. The van der Waals surface area contributed by atoms with Gasteiger partial charge in [-0.25, -0.2) is 9.97 Å². The summed E-state index contributed by atoms with van der Waals surface area (Å²) in [5, 5.41) is 12.2. The van der Waals surface area contributed by atoms with Crippen LogP contribution in [-0.4, -0.2) is 33.9 Å². The average Bonchev–Trinajstić information content (AvgIpc) is 2.62. The van der Waals surface area contributed by atoms with Gasteiger partial charge in [0.15, 0.2) is 0 Å². The number of anilines is 2. The highest BCUT2D eigenvalue weighted by Crippen LogP contribution is 2.21. The second kappa shape index (κ2) is 7.09. The van der Waals surface area contributed by atoms with E-state index in [1.807, 2.05) is 11.0 Å². The number of nitrogens with zero attached hydrogens (tertiary/aromatic N) is 4. The monoisotopic (exact) mass is 321 g/mol. The molecule has 6 nitrogen and oxygen atoms in total. The summed E-state index contributed by atoms with van der Waals surface area (Å²) >= 11 is 0. The number of hydrogen-bond acceptors (Lipinski definition) is 5. The largest absolute Gasteiger partial charge is 0.339 e. The number of benzene rings is 1. The van der Waals surface area contributed by atoms with Gasteiger partial charge in [0.1, 0.15) is 23.9 Å². The zero-order chi connectivity index (χ0) is 16.9. The van der Waals surface area contributed by atoms with Gasteiger partial charge in [-0.05, 0) is 30.9 Å². The van der Waals surface area contributed by atoms with E-state index in [1.54, 1.807) is 24.3 Å². The van der Waals surface area contributed by atoms with E-state index in [9.17, 15) is 4.79 Å². The Morgan fingerprint density at radius 3 is 3.00 bits per heavy atom. The molecule has 1 saturated heterocycles. The van der Waals surface area contributed by atoms with E-state index in [0.717, 1.165) is 25.9 Å². The molecule has 1 fully saturated rings. The molecule has 2 heterocycles. The second-order valence-corrected chi connectivity index (χ2v) is 6.07. The van der Waals surface area contributed by atoms with Crippen LogP contribution in [-0.2, 0) is 0 Å². The van der Waals surface area contributed by atoms with E-state index in [1.165, 1.54) is 6.33 Å². The number of aromatic nitrogens is 2. The normalized spacial score (nSPS) is 17.2. The third kappa shape index (κ3) is 3.51. The Morgan fingerprint density at radius 1 is 1.38 bits per heavy atom. The lowest BCUT2D eigenvalue weighted by atomic mass is 10.00. The maximum Gasteiger partial charge on any atom is 0.272 e. The smallest absolute Gasteiger partial charge is 0.272 e. The maximum atomic E-state index is 12.6. The summed E-state index contributed by atoms with van der Waals surface area (Å²) in [4.78, 5) is 22.7. The fourth-order valence-corrected chi connectivity index (χ4v) is 2.91. The molecule has 1 unspecified atom stereocenters. The average molecular weight is 321 g/mol. The number of rotatable bonds is 3. The van der Waals surface area contributed by atoms with Crippen molar-refractivity contribution < 1.29 is 4.79 Å². The molecular weight excluding hydrogens is 302 g/mol. The Labute approximate surface area is 141 Å². The van der Waals surface area contributed by atoms with Crippen LogP contribution in [0.15, 0.2) is 36.7 Å². The molecule has 0 saturated carbocycles. The molecule has 3 rings (SSSR count). The minimum atomic E-state index is -0.0689. The highest BCUT2D eigenvalue weighted by Gasteiger charge is 2.23. The number of nitrogens with one attached hydrogen (secondary N) is 1. The minimum absolute atomic E-state index is 0.0689. The first kappa shape index (κ1) is 15.9. The Morgan fingerprint density at radius 2 is 2.21 bits per heavy atom. The predicted octanol–water partition coefficient (Wildman–Crippen LogP) is 2.96. The van der Waals surface area contributed by atoms with Crippen LogP contribution in [0, 0.1) is 17.2 Å². The van der Waals surface area contributed by atoms with Crippen molar-refractivity contribution in [3.63, 3.8) is 0 Å². The number of hydrogen-bond donors (Lipinski definition) is 1. The summed E-state index contributed by atoms with van der Waals surface area (Å²) < 4.78 is 0. The van der Waals surface area contributed by atoms with E-state index in [4.69, 9.17) is 5.26 Å². The third-order valence-corrected chi connectivity index (χ3v) is 4.14. The van der Waals surface area contributed by atoms with Crippen molar-refractivity contribution in [2.45, 2.75) is 19.8 Å². The Hall–Kier alpha value is -2.94. The zero-order valence-electron chi connectivity index (χ0n) is 13.6. The number of carbonyl (C=O) groups excluding carboxylic acids is 1. The van der Waals surface area contributed by atoms with Crippen LogP contribution in [0.3, 0.4) is 0 Å². The van der Waals surface area contributed by atoms with Crippen LogP contribution in [0.4, 0.5) is 11.5 Å². The number of piperidine rings is 1. The van der Waals surface area contributed by atoms with Crippen molar-refractivity contribution in [1.82, 2.24) is 14.9 Å². The minimum Gasteiger partial charge on any atom is -0.339 e. The van der Waals surface area contributed by atoms with Crippen molar-refractivity contribution in [3.05, 3.63) is 47.9 Å². The predicted molar refractivity (Wildman–Crippen MR) is 90.8 cm³/mol. The van der Waals surface area contributed by atoms with Gasteiger partial charge >= 0.3 is 0 Å². The van der Waals surface area contributed by atoms with E-state index in [2.05, 4.69) is 28.3 Å². The van der Waals surface area contributed by atoms with Crippen LogP contribution in [0.25, 0.3) is 0 Å². The van der Waals surface area contributed by atoms with Crippen LogP contribution < -0.4 is 5.32 Å². The van der Waals surface area contributed by atoms with Crippen molar-refractivity contribution in [3.8, 4) is 6.07 Å². The van der Waals surface area contributed by atoms with Crippen molar-refractivity contribution in [2.75, 3.05) is 18.4 Å². The van der Waals surface area contributed by atoms with Crippen LogP contribution >= 0.6 is 0 Å². The molecule has 1 aliphatic rings. The quantitative estimate of drug-likeness (QED) is 0.940. The lowest BCUT2D eigenvalue weighted by molar-refractivity contribution is 0.0677. The molecule has 122 valence electrons. The fourth-order valence-electron chi connectivity index (χ4n) is 2.91. The summed E-state index contributed by atoms with van der Waals surface area (Å²) in [5.41, 5.74) is 1.55. The van der Waals surface area contributed by atoms with Crippen molar-refractivity contribution in [1.29, 1.82) is 5.26 Å². The van der Waals surface area contributed by atoms with E-state index in [0.29, 0.717) is 28.7 Å². The topological polar surface area (TPSA) is 81.9 Å². The highest BCUT2D eigenvalue weighted by atomic mass is 16.2. The Kier molecular flexibility index (Phi) is 4.71. The van der Waals surface area contributed by atoms with Crippen molar-refractivity contribution >= 4 is 17.4 Å². The van der Waals surface area contributed by atoms with Gasteiger partial charge in [-0.1, -0.05) is 19.1 Å². The van der Waals surface area contributed by atoms with Gasteiger partial charge in [0.25, 0.3) is 5.91 Å². The van der Waals surface area contributed by atoms with E-state index < -0.39 is 0 Å². The first-order valence-corrected chi connectivity index (χ1v) is 8.05. The lowest BCUT2D eigenvalue weighted by Gasteiger charge is -2.30. The van der Waals surface area contributed by atoms with Gasteiger partial charge < -0.3 is 10.2 Å². The van der Waals surface area contributed by atoms with Crippen molar-refractivity contribution in [2.24, 2.45) is 5.92 Å². The van der Waals surface area contributed by atoms with Gasteiger partial charge in [0, 0.05) is 19.2 Å². The first-order valence-electron chi connectivity index (χ1n) is 8.05. The first-order chi connectivity index (χ1) is 11.7. The molecule has 1 aliphatic heterocycles. The van der Waals surface area contributed by atoms with E-state index in [-0.39, 0.29) is 5.91 Å². The number of para-hydroxylation sites is 1. The molecule has 2 aromatic rings.